The van der Waals surface area contributed by atoms with Gasteiger partial charge in [-0.2, -0.15) is 0 Å². The first kappa shape index (κ1) is 21.5. The maximum Gasteiger partial charge on any atom is 0.265 e. The number of nitrogens with zero attached hydrogens (tertiary/aromatic N) is 4. The molecule has 1 N–H and O–H groups in total. The second kappa shape index (κ2) is 9.62. The van der Waals surface area contributed by atoms with Crippen molar-refractivity contribution in [2.24, 2.45) is 5.92 Å². The molecule has 0 bridgehead atoms. The average molecular weight is 448 g/mol. The number of carbonyl (C=O) groups excluding carboxylic acids is 1. The first-order valence-electron chi connectivity index (χ1n) is 10.9. The fourth-order valence-electron chi connectivity index (χ4n) is 4.56. The molecule has 0 aromatic carbocycles. The summed E-state index contributed by atoms with van der Waals surface area (Å²) in [6.07, 6.45) is 8.19. The lowest BCUT2D eigenvalue weighted by molar-refractivity contribution is 0.0545. The van der Waals surface area contributed by atoms with Gasteiger partial charge in [-0.1, -0.05) is 29.9 Å². The maximum absolute atomic E-state index is 13.0. The Morgan fingerprint density at radius 3 is 2.80 bits per heavy atom. The fraction of sp³-hybridized carbons (Fsp3) is 0.591. The van der Waals surface area contributed by atoms with E-state index >= 15 is 0 Å². The van der Waals surface area contributed by atoms with Gasteiger partial charge in [-0.05, 0) is 57.2 Å². The summed E-state index contributed by atoms with van der Waals surface area (Å²) >= 11 is 7.63. The van der Waals surface area contributed by atoms with E-state index in [0.29, 0.717) is 21.1 Å². The molecule has 0 saturated carbocycles. The molecule has 0 aliphatic carbocycles. The van der Waals surface area contributed by atoms with Crippen LogP contribution in [0.25, 0.3) is 0 Å². The van der Waals surface area contributed by atoms with Gasteiger partial charge in [0.05, 0.1) is 23.0 Å². The van der Waals surface area contributed by atoms with Crippen molar-refractivity contribution in [3.63, 3.8) is 0 Å². The molecule has 6 nitrogen and oxygen atoms in total. The van der Waals surface area contributed by atoms with Gasteiger partial charge in [-0.15, -0.1) is 0 Å². The second-order valence-electron chi connectivity index (χ2n) is 8.53. The molecule has 1 amide bonds. The molecular weight excluding hydrogens is 418 g/mol. The molecule has 2 aromatic heterocycles. The third-order valence-electron chi connectivity index (χ3n) is 6.21. The normalized spacial score (nSPS) is 22.1. The number of thiazole rings is 1. The van der Waals surface area contributed by atoms with Crippen molar-refractivity contribution in [1.82, 2.24) is 19.8 Å². The number of amides is 1. The molecule has 8 heteroatoms. The Bertz CT molecular complexity index is 867. The zero-order chi connectivity index (χ0) is 21.1. The quantitative estimate of drug-likeness (QED) is 0.719. The van der Waals surface area contributed by atoms with Gasteiger partial charge in [0.15, 0.2) is 5.13 Å². The highest BCUT2D eigenvalue weighted by Crippen LogP contribution is 2.28. The minimum Gasteiger partial charge on any atom is -0.353 e. The Morgan fingerprint density at radius 1 is 1.27 bits per heavy atom. The first-order valence-corrected chi connectivity index (χ1v) is 12.1. The maximum atomic E-state index is 13.0. The molecule has 2 aliphatic rings. The number of rotatable bonds is 5. The van der Waals surface area contributed by atoms with Crippen LogP contribution in [0.1, 0.15) is 60.9 Å². The van der Waals surface area contributed by atoms with Gasteiger partial charge >= 0.3 is 0 Å². The zero-order valence-corrected chi connectivity index (χ0v) is 19.3. The van der Waals surface area contributed by atoms with Crippen LogP contribution in [-0.2, 0) is 0 Å². The Morgan fingerprint density at radius 2 is 2.07 bits per heavy atom. The van der Waals surface area contributed by atoms with Crippen LogP contribution in [0, 0.1) is 5.92 Å². The van der Waals surface area contributed by atoms with Crippen LogP contribution in [0.5, 0.6) is 0 Å². The highest BCUT2D eigenvalue weighted by atomic mass is 35.5. The van der Waals surface area contributed by atoms with Crippen molar-refractivity contribution >= 4 is 34.0 Å². The number of aromatic nitrogens is 2. The van der Waals surface area contributed by atoms with Gasteiger partial charge in [0.1, 0.15) is 4.88 Å². The van der Waals surface area contributed by atoms with E-state index in [1.54, 1.807) is 12.4 Å². The second-order valence-corrected chi connectivity index (χ2v) is 9.97. The number of hydrogen-bond acceptors (Lipinski definition) is 6. The van der Waals surface area contributed by atoms with Gasteiger partial charge in [0.25, 0.3) is 5.91 Å². The van der Waals surface area contributed by atoms with E-state index in [1.807, 2.05) is 24.0 Å². The van der Waals surface area contributed by atoms with E-state index in [4.69, 9.17) is 11.6 Å². The molecule has 2 aliphatic heterocycles. The Labute approximate surface area is 187 Å². The minimum absolute atomic E-state index is 0.0875. The zero-order valence-electron chi connectivity index (χ0n) is 17.7. The molecular formula is C22H30ClN5OS. The van der Waals surface area contributed by atoms with Crippen LogP contribution >= 0.6 is 22.9 Å². The monoisotopic (exact) mass is 447 g/mol. The number of nitrogens with one attached hydrogen (secondary N) is 1. The molecule has 4 rings (SSSR count). The smallest absolute Gasteiger partial charge is 0.265 e. The van der Waals surface area contributed by atoms with Crippen LogP contribution in [0.4, 0.5) is 5.13 Å². The van der Waals surface area contributed by atoms with Gasteiger partial charge in [-0.25, -0.2) is 4.98 Å². The van der Waals surface area contributed by atoms with Crippen LogP contribution in [0.2, 0.25) is 5.02 Å². The SMILES string of the molecule is CC(Nc1ncc(C(=O)N2CCC(N3CCC[C@@H](C)C3)CC2)s1)c1ncccc1Cl. The summed E-state index contributed by atoms with van der Waals surface area (Å²) in [6.45, 7) is 8.42. The van der Waals surface area contributed by atoms with Crippen molar-refractivity contribution in [3.05, 3.63) is 40.1 Å². The molecule has 2 aromatic rings. The first-order chi connectivity index (χ1) is 14.5. The lowest BCUT2D eigenvalue weighted by atomic mass is 9.95. The summed E-state index contributed by atoms with van der Waals surface area (Å²) in [7, 11) is 0. The molecule has 162 valence electrons. The minimum atomic E-state index is -0.0875. The lowest BCUT2D eigenvalue weighted by Gasteiger charge is -2.41. The topological polar surface area (TPSA) is 61.4 Å². The van der Waals surface area contributed by atoms with E-state index in [9.17, 15) is 4.79 Å². The van der Waals surface area contributed by atoms with Gasteiger partial charge < -0.3 is 10.2 Å². The molecule has 2 atom stereocenters. The molecule has 2 fully saturated rings. The Hall–Kier alpha value is -1.70. The van der Waals surface area contributed by atoms with E-state index in [1.165, 1.54) is 37.3 Å². The molecule has 0 spiro atoms. The van der Waals surface area contributed by atoms with Crippen molar-refractivity contribution in [1.29, 1.82) is 0 Å². The van der Waals surface area contributed by atoms with Crippen LogP contribution in [-0.4, -0.2) is 57.9 Å². The molecule has 1 unspecified atom stereocenters. The number of pyridine rings is 1. The predicted octanol–water partition coefficient (Wildman–Crippen LogP) is 4.70. The van der Waals surface area contributed by atoms with Gasteiger partial charge in [-0.3, -0.25) is 14.7 Å². The number of anilines is 1. The lowest BCUT2D eigenvalue weighted by Crippen LogP contribution is -2.49. The fourth-order valence-corrected chi connectivity index (χ4v) is 5.71. The van der Waals surface area contributed by atoms with Crippen LogP contribution < -0.4 is 5.32 Å². The molecule has 4 heterocycles. The average Bonchev–Trinajstić information content (AvgIpc) is 3.22. The summed E-state index contributed by atoms with van der Waals surface area (Å²) in [4.78, 5) is 27.0. The summed E-state index contributed by atoms with van der Waals surface area (Å²) in [5, 5.41) is 4.65. The predicted molar refractivity (Wildman–Crippen MR) is 122 cm³/mol. The number of likely N-dealkylation sites (tertiary alicyclic amines) is 2. The summed E-state index contributed by atoms with van der Waals surface area (Å²) < 4.78 is 0. The third-order valence-corrected chi connectivity index (χ3v) is 7.45. The third kappa shape index (κ3) is 4.95. The van der Waals surface area contributed by atoms with E-state index in [-0.39, 0.29) is 11.9 Å². The summed E-state index contributed by atoms with van der Waals surface area (Å²) in [5.74, 6) is 0.888. The summed E-state index contributed by atoms with van der Waals surface area (Å²) in [5.41, 5.74) is 0.774. The van der Waals surface area contributed by atoms with Crippen molar-refractivity contribution in [3.8, 4) is 0 Å². The Balaban J connectivity index is 1.32. The highest BCUT2D eigenvalue weighted by molar-refractivity contribution is 7.17. The largest absolute Gasteiger partial charge is 0.353 e. The van der Waals surface area contributed by atoms with E-state index < -0.39 is 0 Å². The van der Waals surface area contributed by atoms with E-state index in [0.717, 1.165) is 37.5 Å². The van der Waals surface area contributed by atoms with Crippen LogP contribution in [0.15, 0.2) is 24.5 Å². The standard InChI is InChI=1S/C22H30ClN5OS/c1-15-5-4-10-28(14-15)17-7-11-27(12-8-17)21(29)19-13-25-22(30-19)26-16(2)20-18(23)6-3-9-24-20/h3,6,9,13,15-17H,4-5,7-8,10-12,14H2,1-2H3,(H,25,26)/t15-,16?/m1/s1. The van der Waals surface area contributed by atoms with Gasteiger partial charge in [0.2, 0.25) is 0 Å². The number of halogens is 1. The van der Waals surface area contributed by atoms with Crippen molar-refractivity contribution in [2.45, 2.75) is 51.6 Å². The van der Waals surface area contributed by atoms with Crippen molar-refractivity contribution < 1.29 is 4.79 Å². The molecule has 2 saturated heterocycles. The number of piperidine rings is 2. The van der Waals surface area contributed by atoms with Crippen molar-refractivity contribution in [2.75, 3.05) is 31.5 Å². The van der Waals surface area contributed by atoms with Gasteiger partial charge in [0, 0.05) is 31.9 Å². The Kier molecular flexibility index (Phi) is 6.91. The molecule has 0 radical (unpaired) electrons. The summed E-state index contributed by atoms with van der Waals surface area (Å²) in [6, 6.07) is 4.18. The van der Waals surface area contributed by atoms with Crippen LogP contribution in [0.3, 0.4) is 0 Å². The molecule has 30 heavy (non-hydrogen) atoms. The van der Waals surface area contributed by atoms with E-state index in [2.05, 4.69) is 27.1 Å². The highest BCUT2D eigenvalue weighted by Gasteiger charge is 2.30. The number of carbonyl (C=O) groups is 1. The number of hydrogen-bond donors (Lipinski definition) is 1.